The van der Waals surface area contributed by atoms with Crippen LogP contribution < -0.4 is 21.1 Å². The van der Waals surface area contributed by atoms with Gasteiger partial charge in [-0.1, -0.05) is 18.2 Å². The van der Waals surface area contributed by atoms with Crippen molar-refractivity contribution in [3.05, 3.63) is 60.0 Å². The molecule has 0 aliphatic carbocycles. The molecule has 1 fully saturated rings. The molecule has 7 nitrogen and oxygen atoms in total. The number of carbonyl (C=O) groups excluding carboxylic acids is 2. The average Bonchev–Trinajstić information content (AvgIpc) is 2.69. The molecule has 1 aliphatic rings. The Kier molecular flexibility index (Phi) is 6.19. The van der Waals surface area contributed by atoms with Crippen LogP contribution >= 0.6 is 0 Å². The Bertz CT molecular complexity index is 761. The number of nitrogens with zero attached hydrogens (tertiary/aromatic N) is 2. The number of benzene rings is 1. The van der Waals surface area contributed by atoms with Crippen molar-refractivity contribution in [1.82, 2.24) is 21.2 Å². The van der Waals surface area contributed by atoms with E-state index in [-0.39, 0.29) is 24.2 Å². The molecule has 0 bridgehead atoms. The minimum atomic E-state index is -0.446. The monoisotopic (exact) mass is 371 g/mol. The van der Waals surface area contributed by atoms with E-state index in [4.69, 9.17) is 0 Å². The Balaban J connectivity index is 1.36. The number of nitrogens with one attached hydrogen (secondary N) is 3. The van der Waals surface area contributed by atoms with E-state index >= 15 is 0 Å². The van der Waals surface area contributed by atoms with Crippen LogP contribution in [-0.2, 0) is 11.2 Å². The number of anilines is 1. The summed E-state index contributed by atoms with van der Waals surface area (Å²) in [7, 11) is 0. The lowest BCUT2D eigenvalue weighted by atomic mass is 10.1. The van der Waals surface area contributed by atoms with E-state index in [9.17, 15) is 14.0 Å². The van der Waals surface area contributed by atoms with Crippen LogP contribution in [0.1, 0.15) is 18.4 Å². The minimum Gasteiger partial charge on any atom is -0.356 e. The number of hydrogen-bond donors (Lipinski definition) is 3. The number of carbonyl (C=O) groups is 2. The van der Waals surface area contributed by atoms with Crippen LogP contribution in [0.2, 0.25) is 0 Å². The van der Waals surface area contributed by atoms with Crippen molar-refractivity contribution in [1.29, 1.82) is 0 Å². The summed E-state index contributed by atoms with van der Waals surface area (Å²) in [6, 6.07) is 11.0. The Morgan fingerprint density at radius 2 is 1.81 bits per heavy atom. The summed E-state index contributed by atoms with van der Waals surface area (Å²) in [5.74, 6) is 0.209. The Labute approximate surface area is 156 Å². The molecule has 0 radical (unpaired) electrons. The first-order valence-electron chi connectivity index (χ1n) is 8.86. The smallest absolute Gasteiger partial charge is 0.333 e. The maximum Gasteiger partial charge on any atom is 0.333 e. The van der Waals surface area contributed by atoms with Crippen LogP contribution in [0, 0.1) is 5.82 Å². The highest BCUT2D eigenvalue weighted by Crippen LogP contribution is 2.17. The molecule has 1 aromatic carbocycles. The quantitative estimate of drug-likeness (QED) is 0.715. The lowest BCUT2D eigenvalue weighted by molar-refractivity contribution is -0.121. The van der Waals surface area contributed by atoms with E-state index in [1.165, 1.54) is 24.3 Å². The zero-order chi connectivity index (χ0) is 19.1. The molecule has 3 rings (SSSR count). The number of hydrogen-bond acceptors (Lipinski definition) is 4. The Morgan fingerprint density at radius 1 is 1.07 bits per heavy atom. The molecule has 3 N–H and O–H groups in total. The van der Waals surface area contributed by atoms with Crippen molar-refractivity contribution in [3.63, 3.8) is 0 Å². The number of urea groups is 1. The fourth-order valence-electron chi connectivity index (χ4n) is 2.97. The first-order valence-corrected chi connectivity index (χ1v) is 8.86. The van der Waals surface area contributed by atoms with Gasteiger partial charge >= 0.3 is 6.03 Å². The molecule has 0 unspecified atom stereocenters. The summed E-state index contributed by atoms with van der Waals surface area (Å²) in [4.78, 5) is 30.3. The normalized spacial score (nSPS) is 14.5. The van der Waals surface area contributed by atoms with Crippen LogP contribution in [0.4, 0.5) is 15.0 Å². The van der Waals surface area contributed by atoms with Crippen LogP contribution in [0.5, 0.6) is 0 Å². The van der Waals surface area contributed by atoms with Gasteiger partial charge in [0.25, 0.3) is 0 Å². The van der Waals surface area contributed by atoms with Gasteiger partial charge < -0.3 is 10.2 Å². The summed E-state index contributed by atoms with van der Waals surface area (Å²) < 4.78 is 12.8. The van der Waals surface area contributed by atoms with Gasteiger partial charge in [-0.05, 0) is 42.7 Å². The van der Waals surface area contributed by atoms with Crippen LogP contribution in [0.15, 0.2) is 48.7 Å². The summed E-state index contributed by atoms with van der Waals surface area (Å²) >= 11 is 0. The summed E-state index contributed by atoms with van der Waals surface area (Å²) in [5, 5.41) is 2.86. The second-order valence-electron chi connectivity index (χ2n) is 6.40. The number of amides is 3. The van der Waals surface area contributed by atoms with Crippen LogP contribution in [0.25, 0.3) is 0 Å². The fourth-order valence-corrected chi connectivity index (χ4v) is 2.97. The summed E-state index contributed by atoms with van der Waals surface area (Å²) in [6.07, 6.45) is 3.42. The molecule has 1 saturated heterocycles. The van der Waals surface area contributed by atoms with E-state index in [0.29, 0.717) is 5.56 Å². The van der Waals surface area contributed by atoms with Gasteiger partial charge in [0, 0.05) is 25.3 Å². The molecule has 1 aromatic heterocycles. The number of halogens is 1. The molecule has 8 heteroatoms. The third-order valence-electron chi connectivity index (χ3n) is 4.40. The standard InChI is InChI=1S/C19H22FN5O2/c20-15-6-4-14(5-7-15)13-18(26)23-24-19(27)22-16-8-11-25(12-9-16)17-3-1-2-10-21-17/h1-7,10,16H,8-9,11-13H2,(H,23,26)(H2,22,24,27). The van der Waals surface area contributed by atoms with E-state index in [0.717, 1.165) is 31.7 Å². The van der Waals surface area contributed by atoms with Gasteiger partial charge in [0.05, 0.1) is 6.42 Å². The zero-order valence-corrected chi connectivity index (χ0v) is 14.8. The highest BCUT2D eigenvalue weighted by atomic mass is 19.1. The number of rotatable bonds is 4. The summed E-state index contributed by atoms with van der Waals surface area (Å²) in [5.41, 5.74) is 5.37. The van der Waals surface area contributed by atoms with Crippen molar-refractivity contribution >= 4 is 17.8 Å². The van der Waals surface area contributed by atoms with Crippen LogP contribution in [-0.4, -0.2) is 36.1 Å². The second kappa shape index (κ2) is 8.98. The molecule has 2 aromatic rings. The molecule has 0 saturated carbocycles. The van der Waals surface area contributed by atoms with Crippen molar-refractivity contribution in [3.8, 4) is 0 Å². The van der Waals surface area contributed by atoms with Gasteiger partial charge in [0.1, 0.15) is 11.6 Å². The third-order valence-corrected chi connectivity index (χ3v) is 4.40. The maximum atomic E-state index is 12.8. The fraction of sp³-hybridized carbons (Fsp3) is 0.316. The van der Waals surface area contributed by atoms with Gasteiger partial charge in [0.15, 0.2) is 0 Å². The molecule has 2 heterocycles. The Hall–Kier alpha value is -3.16. The largest absolute Gasteiger partial charge is 0.356 e. The highest BCUT2D eigenvalue weighted by molar-refractivity contribution is 5.82. The van der Waals surface area contributed by atoms with E-state index in [2.05, 4.69) is 26.1 Å². The molecule has 1 aliphatic heterocycles. The van der Waals surface area contributed by atoms with Gasteiger partial charge in [-0.3, -0.25) is 10.2 Å². The lowest BCUT2D eigenvalue weighted by Gasteiger charge is -2.33. The maximum absolute atomic E-state index is 12.8. The topological polar surface area (TPSA) is 86.4 Å². The van der Waals surface area contributed by atoms with Crippen molar-refractivity contribution < 1.29 is 14.0 Å². The zero-order valence-electron chi connectivity index (χ0n) is 14.8. The molecule has 0 spiro atoms. The van der Waals surface area contributed by atoms with Crippen molar-refractivity contribution in [2.45, 2.75) is 25.3 Å². The molecule has 27 heavy (non-hydrogen) atoms. The van der Waals surface area contributed by atoms with Crippen LogP contribution in [0.3, 0.4) is 0 Å². The predicted molar refractivity (Wildman–Crippen MR) is 99.4 cm³/mol. The van der Waals surface area contributed by atoms with Crippen molar-refractivity contribution in [2.75, 3.05) is 18.0 Å². The predicted octanol–water partition coefficient (Wildman–Crippen LogP) is 1.76. The number of piperidine rings is 1. The minimum absolute atomic E-state index is 0.0407. The first kappa shape index (κ1) is 18.6. The average molecular weight is 371 g/mol. The first-order chi connectivity index (χ1) is 13.1. The summed E-state index contributed by atoms with van der Waals surface area (Å²) in [6.45, 7) is 1.61. The molecular formula is C19H22FN5O2. The second-order valence-corrected chi connectivity index (χ2v) is 6.40. The highest BCUT2D eigenvalue weighted by Gasteiger charge is 2.21. The third kappa shape index (κ3) is 5.67. The molecule has 142 valence electrons. The van der Waals surface area contributed by atoms with Gasteiger partial charge in [-0.2, -0.15) is 0 Å². The molecular weight excluding hydrogens is 349 g/mol. The number of aromatic nitrogens is 1. The lowest BCUT2D eigenvalue weighted by Crippen LogP contribution is -2.52. The molecule has 3 amide bonds. The van der Waals surface area contributed by atoms with E-state index in [1.54, 1.807) is 6.20 Å². The Morgan fingerprint density at radius 3 is 2.48 bits per heavy atom. The van der Waals surface area contributed by atoms with E-state index < -0.39 is 6.03 Å². The SMILES string of the molecule is O=C(Cc1ccc(F)cc1)NNC(=O)NC1CCN(c2ccccn2)CC1. The van der Waals surface area contributed by atoms with E-state index in [1.807, 2.05) is 18.2 Å². The van der Waals surface area contributed by atoms with Crippen molar-refractivity contribution in [2.24, 2.45) is 0 Å². The number of pyridine rings is 1. The van der Waals surface area contributed by atoms with Gasteiger partial charge in [-0.15, -0.1) is 0 Å². The molecule has 0 atom stereocenters. The number of hydrazine groups is 1. The van der Waals surface area contributed by atoms with Gasteiger partial charge in [0.2, 0.25) is 5.91 Å². The van der Waals surface area contributed by atoms with Gasteiger partial charge in [-0.25, -0.2) is 19.6 Å².